The van der Waals surface area contributed by atoms with Gasteiger partial charge in [0.1, 0.15) is 0 Å². The first-order valence-electron chi connectivity index (χ1n) is 10.2. The summed E-state index contributed by atoms with van der Waals surface area (Å²) in [5.41, 5.74) is 2.53. The molecule has 3 heterocycles. The van der Waals surface area contributed by atoms with Gasteiger partial charge in [-0.25, -0.2) is 4.98 Å². The normalized spacial score (nSPS) is 19.9. The van der Waals surface area contributed by atoms with Gasteiger partial charge in [-0.15, -0.1) is 11.3 Å². The SMILES string of the molecule is O=C(c1cccc(N2CCCC2=O)c1)N1CCC[C@@H](c2nc3ccccc3s2)C1. The number of anilines is 1. The maximum Gasteiger partial charge on any atom is 0.253 e. The zero-order chi connectivity index (χ0) is 19.8. The van der Waals surface area contributed by atoms with E-state index in [4.69, 9.17) is 4.98 Å². The summed E-state index contributed by atoms with van der Waals surface area (Å²) >= 11 is 1.74. The highest BCUT2D eigenvalue weighted by Crippen LogP contribution is 2.33. The molecule has 2 amide bonds. The molecule has 0 N–H and O–H groups in total. The first-order valence-corrected chi connectivity index (χ1v) is 11.1. The Morgan fingerprint density at radius 1 is 1.07 bits per heavy atom. The maximum absolute atomic E-state index is 13.2. The predicted molar refractivity (Wildman–Crippen MR) is 116 cm³/mol. The number of hydrogen-bond acceptors (Lipinski definition) is 4. The fourth-order valence-electron chi connectivity index (χ4n) is 4.34. The Hall–Kier alpha value is -2.73. The molecule has 3 aromatic rings. The van der Waals surface area contributed by atoms with Crippen LogP contribution >= 0.6 is 11.3 Å². The predicted octanol–water partition coefficient (Wildman–Crippen LogP) is 4.44. The standard InChI is InChI=1S/C23H23N3O2S/c27-21-11-5-13-26(21)18-8-3-6-16(14-18)23(28)25-12-4-7-17(15-25)22-24-19-9-1-2-10-20(19)29-22/h1-3,6,8-10,14,17H,4-5,7,11-13,15H2/t17-/m1/s1. The number of piperidine rings is 1. The number of fused-ring (bicyclic) bond motifs is 1. The summed E-state index contributed by atoms with van der Waals surface area (Å²) in [6, 6.07) is 15.7. The van der Waals surface area contributed by atoms with Crippen molar-refractivity contribution < 1.29 is 9.59 Å². The van der Waals surface area contributed by atoms with Crippen LogP contribution in [0.1, 0.15) is 47.0 Å². The van der Waals surface area contributed by atoms with E-state index in [1.807, 2.05) is 47.4 Å². The minimum absolute atomic E-state index is 0.0457. The summed E-state index contributed by atoms with van der Waals surface area (Å²) in [4.78, 5) is 33.8. The van der Waals surface area contributed by atoms with Crippen molar-refractivity contribution in [2.75, 3.05) is 24.5 Å². The maximum atomic E-state index is 13.2. The van der Waals surface area contributed by atoms with Crippen molar-refractivity contribution >= 4 is 39.1 Å². The number of likely N-dealkylation sites (tertiary alicyclic amines) is 1. The third kappa shape index (κ3) is 3.53. The summed E-state index contributed by atoms with van der Waals surface area (Å²) in [7, 11) is 0. The molecule has 29 heavy (non-hydrogen) atoms. The molecule has 0 spiro atoms. The van der Waals surface area contributed by atoms with Gasteiger partial charge in [-0.1, -0.05) is 18.2 Å². The Bertz CT molecular complexity index is 1040. The molecule has 2 saturated heterocycles. The average Bonchev–Trinajstić information content (AvgIpc) is 3.39. The van der Waals surface area contributed by atoms with Gasteiger partial charge in [0.2, 0.25) is 5.91 Å². The van der Waals surface area contributed by atoms with Gasteiger partial charge in [0.05, 0.1) is 15.2 Å². The molecular weight excluding hydrogens is 382 g/mol. The number of thiazole rings is 1. The van der Waals surface area contributed by atoms with Crippen molar-refractivity contribution in [1.82, 2.24) is 9.88 Å². The van der Waals surface area contributed by atoms with Crippen molar-refractivity contribution in [3.05, 3.63) is 59.1 Å². The summed E-state index contributed by atoms with van der Waals surface area (Å²) in [6.07, 6.45) is 3.52. The van der Waals surface area contributed by atoms with Crippen LogP contribution in [0.2, 0.25) is 0 Å². The van der Waals surface area contributed by atoms with Gasteiger partial charge in [0.15, 0.2) is 0 Å². The molecule has 2 fully saturated rings. The van der Waals surface area contributed by atoms with Crippen molar-refractivity contribution in [3.63, 3.8) is 0 Å². The number of hydrogen-bond donors (Lipinski definition) is 0. The molecule has 1 aromatic heterocycles. The highest BCUT2D eigenvalue weighted by atomic mass is 32.1. The molecule has 0 bridgehead atoms. The first kappa shape index (κ1) is 18.3. The zero-order valence-electron chi connectivity index (χ0n) is 16.2. The highest BCUT2D eigenvalue weighted by molar-refractivity contribution is 7.18. The van der Waals surface area contributed by atoms with Crippen LogP contribution in [0.15, 0.2) is 48.5 Å². The number of amides is 2. The second-order valence-electron chi connectivity index (χ2n) is 7.81. The van der Waals surface area contributed by atoms with E-state index in [-0.39, 0.29) is 17.7 Å². The molecule has 148 valence electrons. The minimum atomic E-state index is 0.0457. The van der Waals surface area contributed by atoms with E-state index < -0.39 is 0 Å². The van der Waals surface area contributed by atoms with Gasteiger partial charge in [-0.3, -0.25) is 9.59 Å². The van der Waals surface area contributed by atoms with E-state index in [1.54, 1.807) is 16.2 Å². The number of carbonyl (C=O) groups excluding carboxylic acids is 2. The second kappa shape index (κ2) is 7.59. The van der Waals surface area contributed by atoms with Gasteiger partial charge >= 0.3 is 0 Å². The molecule has 0 radical (unpaired) electrons. The van der Waals surface area contributed by atoms with Gasteiger partial charge in [-0.2, -0.15) is 0 Å². The number of nitrogens with zero attached hydrogens (tertiary/aromatic N) is 3. The van der Waals surface area contributed by atoms with E-state index in [2.05, 4.69) is 6.07 Å². The Kier molecular flexibility index (Phi) is 4.79. The number of benzene rings is 2. The molecule has 2 aliphatic rings. The Labute approximate surface area is 174 Å². The molecule has 2 aliphatic heterocycles. The summed E-state index contributed by atoms with van der Waals surface area (Å²) in [5.74, 6) is 0.473. The van der Waals surface area contributed by atoms with Crippen LogP contribution in [0.25, 0.3) is 10.2 Å². The van der Waals surface area contributed by atoms with Crippen molar-refractivity contribution in [2.24, 2.45) is 0 Å². The minimum Gasteiger partial charge on any atom is -0.338 e. The van der Waals surface area contributed by atoms with Gasteiger partial charge in [0, 0.05) is 43.2 Å². The number of rotatable bonds is 3. The van der Waals surface area contributed by atoms with Crippen LogP contribution in [0.4, 0.5) is 5.69 Å². The van der Waals surface area contributed by atoms with E-state index in [9.17, 15) is 9.59 Å². The van der Waals surface area contributed by atoms with Gasteiger partial charge in [0.25, 0.3) is 5.91 Å². The molecule has 2 aromatic carbocycles. The van der Waals surface area contributed by atoms with E-state index in [0.29, 0.717) is 18.5 Å². The second-order valence-corrected chi connectivity index (χ2v) is 8.87. The van der Waals surface area contributed by atoms with Crippen LogP contribution in [-0.4, -0.2) is 41.3 Å². The topological polar surface area (TPSA) is 53.5 Å². The summed E-state index contributed by atoms with van der Waals surface area (Å²) in [5, 5.41) is 1.13. The van der Waals surface area contributed by atoms with Gasteiger partial charge in [-0.05, 0) is 49.6 Å². The summed E-state index contributed by atoms with van der Waals surface area (Å²) in [6.45, 7) is 2.21. The quantitative estimate of drug-likeness (QED) is 0.647. The fourth-order valence-corrected chi connectivity index (χ4v) is 5.43. The monoisotopic (exact) mass is 405 g/mol. The lowest BCUT2D eigenvalue weighted by Crippen LogP contribution is -2.39. The molecule has 1 atom stereocenters. The first-order chi connectivity index (χ1) is 14.2. The number of para-hydroxylation sites is 1. The van der Waals surface area contributed by atoms with Crippen LogP contribution < -0.4 is 4.90 Å². The largest absolute Gasteiger partial charge is 0.338 e. The highest BCUT2D eigenvalue weighted by Gasteiger charge is 2.28. The molecule has 6 heteroatoms. The Morgan fingerprint density at radius 2 is 1.97 bits per heavy atom. The molecule has 5 nitrogen and oxygen atoms in total. The van der Waals surface area contributed by atoms with Crippen LogP contribution in [0.3, 0.4) is 0 Å². The smallest absolute Gasteiger partial charge is 0.253 e. The van der Waals surface area contributed by atoms with Crippen LogP contribution in [0.5, 0.6) is 0 Å². The zero-order valence-corrected chi connectivity index (χ0v) is 17.0. The van der Waals surface area contributed by atoms with Crippen molar-refractivity contribution in [2.45, 2.75) is 31.6 Å². The van der Waals surface area contributed by atoms with Gasteiger partial charge < -0.3 is 9.80 Å². The van der Waals surface area contributed by atoms with Crippen LogP contribution in [0, 0.1) is 0 Å². The third-order valence-electron chi connectivity index (χ3n) is 5.85. The fraction of sp³-hybridized carbons (Fsp3) is 0.348. The molecule has 5 rings (SSSR count). The third-order valence-corrected chi connectivity index (χ3v) is 7.05. The average molecular weight is 406 g/mol. The molecule has 0 saturated carbocycles. The van der Waals surface area contributed by atoms with Crippen LogP contribution in [-0.2, 0) is 4.79 Å². The van der Waals surface area contributed by atoms with Crippen molar-refractivity contribution in [1.29, 1.82) is 0 Å². The lowest BCUT2D eigenvalue weighted by atomic mass is 9.98. The van der Waals surface area contributed by atoms with E-state index in [1.165, 1.54) is 4.70 Å². The molecule has 0 unspecified atom stereocenters. The molecular formula is C23H23N3O2S. The van der Waals surface area contributed by atoms with E-state index >= 15 is 0 Å². The summed E-state index contributed by atoms with van der Waals surface area (Å²) < 4.78 is 1.20. The number of carbonyl (C=O) groups is 2. The van der Waals surface area contributed by atoms with E-state index in [0.717, 1.165) is 48.6 Å². The Balaban J connectivity index is 1.35. The molecule has 0 aliphatic carbocycles. The van der Waals surface area contributed by atoms with Crippen molar-refractivity contribution in [3.8, 4) is 0 Å². The lowest BCUT2D eigenvalue weighted by molar-refractivity contribution is -0.117. The lowest BCUT2D eigenvalue weighted by Gasteiger charge is -2.32. The number of aromatic nitrogens is 1. The Morgan fingerprint density at radius 3 is 2.79 bits per heavy atom.